The molecule has 1 heterocycles. The summed E-state index contributed by atoms with van der Waals surface area (Å²) in [7, 11) is -1.25. The number of hydrogen-bond donors (Lipinski definition) is 2. The number of aliphatic imine (C=N–C) groups is 1. The molecule has 2 rings (SSSR count). The lowest BCUT2D eigenvalue weighted by Gasteiger charge is -2.11. The molecule has 0 atom stereocenters. The van der Waals surface area contributed by atoms with Gasteiger partial charge < -0.3 is 10.6 Å². The molecule has 0 radical (unpaired) electrons. The van der Waals surface area contributed by atoms with Crippen LogP contribution in [0.4, 0.5) is 0 Å². The molecule has 0 fully saturated rings. The number of benzene rings is 1. The van der Waals surface area contributed by atoms with Crippen LogP contribution in [0.25, 0.3) is 0 Å². The normalized spacial score (nSPS) is 11.7. The Morgan fingerprint density at radius 1 is 1.00 bits per heavy atom. The number of hydrogen-bond acceptors (Lipinski definition) is 4. The van der Waals surface area contributed by atoms with E-state index in [9.17, 15) is 8.42 Å². The molecule has 0 saturated carbocycles. The molecule has 0 aliphatic carbocycles. The second kappa shape index (κ2) is 10.9. The Morgan fingerprint density at radius 3 is 2.12 bits per heavy atom. The van der Waals surface area contributed by atoms with E-state index in [1.807, 2.05) is 35.6 Å². The van der Waals surface area contributed by atoms with Crippen LogP contribution in [0.15, 0.2) is 41.4 Å². The zero-order valence-electron chi connectivity index (χ0n) is 15.3. The molecule has 1 aromatic carbocycles. The highest BCUT2D eigenvalue weighted by Crippen LogP contribution is 2.16. The molecule has 0 aliphatic rings. The molecular formula is C18H26IN3O2S2. The Morgan fingerprint density at radius 2 is 1.58 bits per heavy atom. The van der Waals surface area contributed by atoms with Crippen molar-refractivity contribution >= 4 is 51.1 Å². The SMILES string of the molecule is CCc1ccc(CNC(=NC)NCc2ccc(CS(C)(=O)=O)cc2)s1.I. The first-order valence-corrected chi connectivity index (χ1v) is 11.0. The topological polar surface area (TPSA) is 70.6 Å². The number of nitrogens with one attached hydrogen (secondary N) is 2. The first-order chi connectivity index (χ1) is 11.9. The lowest BCUT2D eigenvalue weighted by atomic mass is 10.1. The fourth-order valence-electron chi connectivity index (χ4n) is 2.34. The monoisotopic (exact) mass is 507 g/mol. The van der Waals surface area contributed by atoms with E-state index in [-0.39, 0.29) is 29.7 Å². The summed E-state index contributed by atoms with van der Waals surface area (Å²) in [5, 5.41) is 6.58. The lowest BCUT2D eigenvalue weighted by Crippen LogP contribution is -2.36. The molecule has 0 saturated heterocycles. The summed E-state index contributed by atoms with van der Waals surface area (Å²) in [6, 6.07) is 11.9. The average molecular weight is 507 g/mol. The van der Waals surface area contributed by atoms with Gasteiger partial charge in [-0.1, -0.05) is 31.2 Å². The summed E-state index contributed by atoms with van der Waals surface area (Å²) in [4.78, 5) is 6.90. The molecular weight excluding hydrogens is 481 g/mol. The van der Waals surface area contributed by atoms with E-state index >= 15 is 0 Å². The largest absolute Gasteiger partial charge is 0.352 e. The van der Waals surface area contributed by atoms with E-state index in [1.54, 1.807) is 7.05 Å². The van der Waals surface area contributed by atoms with Crippen molar-refractivity contribution in [1.29, 1.82) is 0 Å². The second-order valence-electron chi connectivity index (χ2n) is 5.89. The van der Waals surface area contributed by atoms with Crippen molar-refractivity contribution < 1.29 is 8.42 Å². The van der Waals surface area contributed by atoms with E-state index in [2.05, 4.69) is 34.7 Å². The van der Waals surface area contributed by atoms with Crippen molar-refractivity contribution in [3.63, 3.8) is 0 Å². The molecule has 0 spiro atoms. The van der Waals surface area contributed by atoms with Crippen molar-refractivity contribution in [2.75, 3.05) is 13.3 Å². The molecule has 1 aromatic heterocycles. The average Bonchev–Trinajstić information content (AvgIpc) is 3.03. The second-order valence-corrected chi connectivity index (χ2v) is 9.28. The predicted octanol–water partition coefficient (Wildman–Crippen LogP) is 3.34. The van der Waals surface area contributed by atoms with Gasteiger partial charge in [0.2, 0.25) is 0 Å². The summed E-state index contributed by atoms with van der Waals surface area (Å²) in [6.07, 6.45) is 2.31. The smallest absolute Gasteiger partial charge is 0.191 e. The molecule has 0 aliphatic heterocycles. The molecule has 2 N–H and O–H groups in total. The maximum absolute atomic E-state index is 11.3. The standard InChI is InChI=1S/C18H25N3O2S2.HI/c1-4-16-9-10-17(24-16)12-21-18(19-2)20-11-14-5-7-15(8-6-14)13-25(3,22)23;/h5-10H,4,11-13H2,1-3H3,(H2,19,20,21);1H. The number of rotatable bonds is 7. The zero-order valence-corrected chi connectivity index (χ0v) is 19.2. The Bertz CT molecular complexity index is 815. The van der Waals surface area contributed by atoms with E-state index in [0.29, 0.717) is 6.54 Å². The zero-order chi connectivity index (χ0) is 18.3. The molecule has 0 amide bonds. The van der Waals surface area contributed by atoms with Gasteiger partial charge in [0, 0.05) is 29.6 Å². The number of guanidine groups is 1. The van der Waals surface area contributed by atoms with Gasteiger partial charge in [-0.15, -0.1) is 35.3 Å². The van der Waals surface area contributed by atoms with Crippen molar-refractivity contribution in [3.05, 3.63) is 57.3 Å². The lowest BCUT2D eigenvalue weighted by molar-refractivity contribution is 0.601. The van der Waals surface area contributed by atoms with Crippen molar-refractivity contribution in [2.24, 2.45) is 4.99 Å². The quantitative estimate of drug-likeness (QED) is 0.343. The van der Waals surface area contributed by atoms with Crippen LogP contribution in [0.3, 0.4) is 0 Å². The number of sulfone groups is 1. The number of aryl methyl sites for hydroxylation is 1. The fraction of sp³-hybridized carbons (Fsp3) is 0.389. The van der Waals surface area contributed by atoms with Gasteiger partial charge in [0.05, 0.1) is 12.3 Å². The van der Waals surface area contributed by atoms with Gasteiger partial charge in [-0.2, -0.15) is 0 Å². The minimum atomic E-state index is -3.00. The molecule has 8 heteroatoms. The van der Waals surface area contributed by atoms with Gasteiger partial charge in [0.15, 0.2) is 15.8 Å². The van der Waals surface area contributed by atoms with Gasteiger partial charge in [-0.25, -0.2) is 8.42 Å². The third kappa shape index (κ3) is 8.05. The molecule has 26 heavy (non-hydrogen) atoms. The van der Waals surface area contributed by atoms with Crippen LogP contribution in [0, 0.1) is 0 Å². The van der Waals surface area contributed by atoms with Crippen molar-refractivity contribution in [2.45, 2.75) is 32.2 Å². The molecule has 5 nitrogen and oxygen atoms in total. The summed E-state index contributed by atoms with van der Waals surface area (Å²) in [5.41, 5.74) is 1.88. The van der Waals surface area contributed by atoms with Crippen LogP contribution >= 0.6 is 35.3 Å². The molecule has 0 bridgehead atoms. The third-order valence-electron chi connectivity index (χ3n) is 3.63. The van der Waals surface area contributed by atoms with Crippen molar-refractivity contribution in [1.82, 2.24) is 10.6 Å². The first kappa shape index (κ1) is 22.9. The van der Waals surface area contributed by atoms with Crippen LogP contribution in [-0.4, -0.2) is 27.7 Å². The van der Waals surface area contributed by atoms with E-state index in [1.165, 1.54) is 16.0 Å². The maximum Gasteiger partial charge on any atom is 0.191 e. The van der Waals surface area contributed by atoms with Crippen LogP contribution in [0.1, 0.15) is 27.8 Å². The Balaban J connectivity index is 0.00000338. The summed E-state index contributed by atoms with van der Waals surface area (Å²) < 4.78 is 22.6. The predicted molar refractivity (Wildman–Crippen MR) is 121 cm³/mol. The minimum absolute atomic E-state index is 0. The fourth-order valence-corrected chi connectivity index (χ4v) is 4.04. The van der Waals surface area contributed by atoms with Gasteiger partial charge >= 0.3 is 0 Å². The first-order valence-electron chi connectivity index (χ1n) is 8.17. The Hall–Kier alpha value is -1.13. The van der Waals surface area contributed by atoms with Gasteiger partial charge in [0.1, 0.15) is 0 Å². The van der Waals surface area contributed by atoms with E-state index in [4.69, 9.17) is 0 Å². The molecule has 2 aromatic rings. The highest BCUT2D eigenvalue weighted by atomic mass is 127. The molecule has 0 unspecified atom stereocenters. The van der Waals surface area contributed by atoms with E-state index < -0.39 is 9.84 Å². The number of thiophene rings is 1. The summed E-state index contributed by atoms with van der Waals surface area (Å²) in [5.74, 6) is 0.816. The van der Waals surface area contributed by atoms with E-state index in [0.717, 1.165) is 30.1 Å². The third-order valence-corrected chi connectivity index (χ3v) is 5.72. The summed E-state index contributed by atoms with van der Waals surface area (Å²) in [6.45, 7) is 3.53. The summed E-state index contributed by atoms with van der Waals surface area (Å²) >= 11 is 1.81. The maximum atomic E-state index is 11.3. The van der Waals surface area contributed by atoms with Gasteiger partial charge in [0.25, 0.3) is 0 Å². The Labute approximate surface area is 177 Å². The highest BCUT2D eigenvalue weighted by molar-refractivity contribution is 14.0. The minimum Gasteiger partial charge on any atom is -0.352 e. The van der Waals surface area contributed by atoms with Crippen LogP contribution in [-0.2, 0) is 35.1 Å². The van der Waals surface area contributed by atoms with Crippen LogP contribution in [0.2, 0.25) is 0 Å². The number of halogens is 1. The van der Waals surface area contributed by atoms with Crippen LogP contribution < -0.4 is 10.6 Å². The van der Waals surface area contributed by atoms with Gasteiger partial charge in [-0.3, -0.25) is 4.99 Å². The van der Waals surface area contributed by atoms with Crippen LogP contribution in [0.5, 0.6) is 0 Å². The van der Waals surface area contributed by atoms with Crippen molar-refractivity contribution in [3.8, 4) is 0 Å². The number of nitrogens with zero attached hydrogens (tertiary/aromatic N) is 1. The Kier molecular flexibility index (Phi) is 9.59. The highest BCUT2D eigenvalue weighted by Gasteiger charge is 2.05. The molecule has 144 valence electrons. The van der Waals surface area contributed by atoms with Gasteiger partial charge in [-0.05, 0) is 29.7 Å².